The fourth-order valence-electron chi connectivity index (χ4n) is 2.27. The minimum atomic E-state index is 0.0493. The topological polar surface area (TPSA) is 48.0 Å². The summed E-state index contributed by atoms with van der Waals surface area (Å²) >= 11 is 3.53. The lowest BCUT2D eigenvalue weighted by Gasteiger charge is -2.12. The van der Waals surface area contributed by atoms with Gasteiger partial charge < -0.3 is 10.3 Å². The van der Waals surface area contributed by atoms with Crippen LogP contribution in [0.4, 0.5) is 5.69 Å². The molecule has 2 aromatic carbocycles. The predicted molar refractivity (Wildman–Crippen MR) is 85.9 cm³/mol. The van der Waals surface area contributed by atoms with E-state index in [0.717, 1.165) is 26.6 Å². The summed E-state index contributed by atoms with van der Waals surface area (Å²) in [5.41, 5.74) is 8.58. The number of benzene rings is 2. The fourth-order valence-corrected chi connectivity index (χ4v) is 2.80. The van der Waals surface area contributed by atoms with Gasteiger partial charge in [0, 0.05) is 34.4 Å². The number of fused-ring (bicyclic) bond motifs is 1. The number of nitrogen functional groups attached to an aromatic ring is 1. The van der Waals surface area contributed by atoms with Crippen molar-refractivity contribution in [1.29, 1.82) is 0 Å². The van der Waals surface area contributed by atoms with Crippen molar-refractivity contribution in [2.24, 2.45) is 0 Å². The Bertz CT molecular complexity index is 839. The Morgan fingerprint density at radius 1 is 1.10 bits per heavy atom. The summed E-state index contributed by atoms with van der Waals surface area (Å²) in [5, 5.41) is 0.738. The molecule has 100 valence electrons. The Hall–Kier alpha value is -2.07. The maximum absolute atomic E-state index is 11.9. The number of pyridine rings is 1. The van der Waals surface area contributed by atoms with Crippen LogP contribution in [0.3, 0.4) is 0 Å². The van der Waals surface area contributed by atoms with Crippen molar-refractivity contribution in [3.63, 3.8) is 0 Å². The molecule has 0 amide bonds. The molecule has 0 aliphatic carbocycles. The number of nitrogens with two attached hydrogens (primary N) is 1. The van der Waals surface area contributed by atoms with Gasteiger partial charge in [0.15, 0.2) is 5.43 Å². The first-order valence-corrected chi connectivity index (χ1v) is 7.06. The molecule has 0 saturated carbocycles. The molecule has 0 spiro atoms. The molecule has 0 bridgehead atoms. The largest absolute Gasteiger partial charge is 0.399 e. The third kappa shape index (κ3) is 2.34. The molecular weight excluding hydrogens is 316 g/mol. The molecule has 4 heteroatoms. The zero-order valence-electron chi connectivity index (χ0n) is 10.7. The van der Waals surface area contributed by atoms with E-state index in [0.29, 0.717) is 6.54 Å². The first-order chi connectivity index (χ1) is 9.65. The highest BCUT2D eigenvalue weighted by atomic mass is 79.9. The number of aromatic nitrogens is 1. The summed E-state index contributed by atoms with van der Waals surface area (Å²) in [6, 6.07) is 15.0. The smallest absolute Gasteiger partial charge is 0.189 e. The monoisotopic (exact) mass is 328 g/mol. The Morgan fingerprint density at radius 3 is 2.70 bits per heavy atom. The second-order valence-electron chi connectivity index (χ2n) is 4.68. The van der Waals surface area contributed by atoms with Crippen LogP contribution in [0, 0.1) is 0 Å². The highest BCUT2D eigenvalue weighted by molar-refractivity contribution is 9.10. The molecule has 3 aromatic rings. The van der Waals surface area contributed by atoms with Crippen LogP contribution in [0.15, 0.2) is 64.0 Å². The first kappa shape index (κ1) is 12.9. The number of hydrogen-bond donors (Lipinski definition) is 1. The zero-order chi connectivity index (χ0) is 14.1. The average molecular weight is 329 g/mol. The molecular formula is C16H13BrN2O. The predicted octanol–water partition coefficient (Wildman–Crippen LogP) is 3.39. The molecule has 0 fully saturated rings. The molecule has 1 heterocycles. The van der Waals surface area contributed by atoms with Crippen LogP contribution in [0.25, 0.3) is 10.9 Å². The summed E-state index contributed by atoms with van der Waals surface area (Å²) in [6.45, 7) is 0.682. The quantitative estimate of drug-likeness (QED) is 0.733. The number of hydrogen-bond acceptors (Lipinski definition) is 2. The van der Waals surface area contributed by atoms with Gasteiger partial charge in [0.05, 0.1) is 5.52 Å². The number of anilines is 1. The van der Waals surface area contributed by atoms with E-state index in [1.54, 1.807) is 6.07 Å². The number of rotatable bonds is 2. The standard InChI is InChI=1S/C16H13BrN2O/c17-14-9-12(18)6-5-11(14)10-19-8-7-16(20)13-3-1-2-4-15(13)19/h1-9H,10,18H2. The van der Waals surface area contributed by atoms with Gasteiger partial charge in [-0.15, -0.1) is 0 Å². The normalized spacial score (nSPS) is 10.8. The molecule has 3 nitrogen and oxygen atoms in total. The van der Waals surface area contributed by atoms with Crippen LogP contribution in [-0.4, -0.2) is 4.57 Å². The maximum Gasteiger partial charge on any atom is 0.189 e. The van der Waals surface area contributed by atoms with Crippen LogP contribution in [0.1, 0.15) is 5.56 Å². The Labute approximate surface area is 124 Å². The molecule has 2 N–H and O–H groups in total. The van der Waals surface area contributed by atoms with E-state index in [9.17, 15) is 4.79 Å². The summed E-state index contributed by atoms with van der Waals surface area (Å²) in [4.78, 5) is 11.9. The van der Waals surface area contributed by atoms with Gasteiger partial charge in [0.1, 0.15) is 0 Å². The third-order valence-electron chi connectivity index (χ3n) is 3.30. The second-order valence-corrected chi connectivity index (χ2v) is 5.53. The van der Waals surface area contributed by atoms with Crippen molar-refractivity contribution >= 4 is 32.5 Å². The van der Waals surface area contributed by atoms with Gasteiger partial charge in [0.2, 0.25) is 0 Å². The van der Waals surface area contributed by atoms with Crippen molar-refractivity contribution < 1.29 is 0 Å². The van der Waals surface area contributed by atoms with Crippen LogP contribution in [0.5, 0.6) is 0 Å². The Balaban J connectivity index is 2.11. The van der Waals surface area contributed by atoms with E-state index in [-0.39, 0.29) is 5.43 Å². The van der Waals surface area contributed by atoms with Crippen LogP contribution < -0.4 is 11.2 Å². The molecule has 0 radical (unpaired) electrons. The molecule has 1 aromatic heterocycles. The number of para-hydroxylation sites is 1. The lowest BCUT2D eigenvalue weighted by atomic mass is 10.1. The highest BCUT2D eigenvalue weighted by Gasteiger charge is 2.05. The minimum absolute atomic E-state index is 0.0493. The molecule has 0 saturated heterocycles. The fraction of sp³-hybridized carbons (Fsp3) is 0.0625. The highest BCUT2D eigenvalue weighted by Crippen LogP contribution is 2.22. The van der Waals surface area contributed by atoms with Gasteiger partial charge in [-0.1, -0.05) is 34.1 Å². The summed E-state index contributed by atoms with van der Waals surface area (Å²) < 4.78 is 3.03. The Kier molecular flexibility index (Phi) is 3.32. The average Bonchev–Trinajstić information content (AvgIpc) is 2.45. The SMILES string of the molecule is Nc1ccc(Cn2ccc(=O)c3ccccc32)c(Br)c1. The van der Waals surface area contributed by atoms with Crippen LogP contribution >= 0.6 is 15.9 Å². The van der Waals surface area contributed by atoms with Crippen molar-refractivity contribution in [1.82, 2.24) is 4.57 Å². The third-order valence-corrected chi connectivity index (χ3v) is 4.04. The summed E-state index contributed by atoms with van der Waals surface area (Å²) in [7, 11) is 0. The van der Waals surface area contributed by atoms with Gasteiger partial charge in [-0.2, -0.15) is 0 Å². The molecule has 0 aliphatic heterocycles. The van der Waals surface area contributed by atoms with Gasteiger partial charge >= 0.3 is 0 Å². The lowest BCUT2D eigenvalue weighted by molar-refractivity contribution is 0.822. The van der Waals surface area contributed by atoms with E-state index < -0.39 is 0 Å². The maximum atomic E-state index is 11.9. The summed E-state index contributed by atoms with van der Waals surface area (Å²) in [6.07, 6.45) is 1.83. The molecule has 0 atom stereocenters. The zero-order valence-corrected chi connectivity index (χ0v) is 12.3. The van der Waals surface area contributed by atoms with E-state index >= 15 is 0 Å². The van der Waals surface area contributed by atoms with E-state index in [2.05, 4.69) is 20.5 Å². The van der Waals surface area contributed by atoms with E-state index in [1.807, 2.05) is 48.7 Å². The van der Waals surface area contributed by atoms with Gasteiger partial charge in [0.25, 0.3) is 0 Å². The van der Waals surface area contributed by atoms with Crippen molar-refractivity contribution in [3.8, 4) is 0 Å². The van der Waals surface area contributed by atoms with Crippen LogP contribution in [0.2, 0.25) is 0 Å². The van der Waals surface area contributed by atoms with Gasteiger partial charge in [-0.3, -0.25) is 4.79 Å². The summed E-state index contributed by atoms with van der Waals surface area (Å²) in [5.74, 6) is 0. The number of halogens is 1. The number of nitrogens with zero attached hydrogens (tertiary/aromatic N) is 1. The lowest BCUT2D eigenvalue weighted by Crippen LogP contribution is -2.09. The van der Waals surface area contributed by atoms with E-state index in [1.165, 1.54) is 0 Å². The molecule has 0 aliphatic rings. The minimum Gasteiger partial charge on any atom is -0.399 e. The van der Waals surface area contributed by atoms with Crippen molar-refractivity contribution in [3.05, 3.63) is 75.0 Å². The van der Waals surface area contributed by atoms with Gasteiger partial charge in [-0.25, -0.2) is 0 Å². The Morgan fingerprint density at radius 2 is 1.90 bits per heavy atom. The second kappa shape index (κ2) is 5.13. The van der Waals surface area contributed by atoms with Gasteiger partial charge in [-0.05, 0) is 29.8 Å². The molecule has 20 heavy (non-hydrogen) atoms. The first-order valence-electron chi connectivity index (χ1n) is 6.27. The van der Waals surface area contributed by atoms with Crippen molar-refractivity contribution in [2.45, 2.75) is 6.54 Å². The van der Waals surface area contributed by atoms with E-state index in [4.69, 9.17) is 5.73 Å². The van der Waals surface area contributed by atoms with Crippen LogP contribution in [-0.2, 0) is 6.54 Å². The molecule has 0 unspecified atom stereocenters. The molecule has 3 rings (SSSR count). The van der Waals surface area contributed by atoms with Crippen molar-refractivity contribution in [2.75, 3.05) is 5.73 Å².